The molecule has 5 aromatic rings. The minimum absolute atomic E-state index is 0.00518. The summed E-state index contributed by atoms with van der Waals surface area (Å²) in [6.45, 7) is 3.37. The van der Waals surface area contributed by atoms with Crippen LogP contribution in [0, 0.1) is 12.7 Å². The van der Waals surface area contributed by atoms with Crippen molar-refractivity contribution in [2.24, 2.45) is 0 Å². The Morgan fingerprint density at radius 2 is 1.86 bits per heavy atom. The van der Waals surface area contributed by atoms with Crippen LogP contribution in [0.25, 0.3) is 22.5 Å². The highest BCUT2D eigenvalue weighted by Crippen LogP contribution is 2.27. The number of aromatic nitrogens is 8. The minimum Gasteiger partial charge on any atom is -0.357 e. The summed E-state index contributed by atoms with van der Waals surface area (Å²) in [7, 11) is 0. The molecule has 1 saturated heterocycles. The SMILES string of the molecule is Cc1ncn(-c2ncc(F)c3c(C(=O)C(=O)N4CCN(c5ccnn5-c5ccccn5)CC4)c[nH]c23)n1. The first-order chi connectivity index (χ1) is 18.0. The van der Waals surface area contributed by atoms with Crippen LogP contribution in [0.2, 0.25) is 0 Å². The van der Waals surface area contributed by atoms with Crippen LogP contribution in [0.15, 0.2) is 55.4 Å². The number of aromatic amines is 1. The third-order valence-corrected chi connectivity index (χ3v) is 6.28. The lowest BCUT2D eigenvalue weighted by Crippen LogP contribution is -2.51. The van der Waals surface area contributed by atoms with E-state index in [4.69, 9.17) is 0 Å². The fraction of sp³-hybridized carbons (Fsp3) is 0.208. The van der Waals surface area contributed by atoms with Gasteiger partial charge in [0.25, 0.3) is 11.7 Å². The number of piperazine rings is 1. The number of rotatable bonds is 5. The number of hydrogen-bond donors (Lipinski definition) is 1. The lowest BCUT2D eigenvalue weighted by molar-refractivity contribution is -0.126. The molecule has 0 atom stereocenters. The van der Waals surface area contributed by atoms with Crippen LogP contribution in [0.3, 0.4) is 0 Å². The number of carbonyl (C=O) groups excluding carboxylic acids is 2. The molecule has 6 heterocycles. The molecule has 1 amide bonds. The Hall–Kier alpha value is -4.94. The second-order valence-electron chi connectivity index (χ2n) is 8.52. The number of anilines is 1. The number of halogens is 1. The molecule has 37 heavy (non-hydrogen) atoms. The van der Waals surface area contributed by atoms with Crippen LogP contribution in [-0.4, -0.2) is 82.3 Å². The Morgan fingerprint density at radius 3 is 2.59 bits per heavy atom. The van der Waals surface area contributed by atoms with Gasteiger partial charge in [-0.3, -0.25) is 9.59 Å². The Kier molecular flexibility index (Phi) is 5.44. The maximum Gasteiger partial charge on any atom is 0.295 e. The van der Waals surface area contributed by atoms with Crippen molar-refractivity contribution in [3.05, 3.63) is 72.6 Å². The number of Topliss-reactive ketones (excluding diaryl/α,β-unsaturated/α-hetero) is 1. The molecule has 1 N–H and O–H groups in total. The molecular weight excluding hydrogens is 479 g/mol. The van der Waals surface area contributed by atoms with Gasteiger partial charge in [-0.1, -0.05) is 6.07 Å². The van der Waals surface area contributed by atoms with E-state index in [-0.39, 0.29) is 22.3 Å². The van der Waals surface area contributed by atoms with Crippen LogP contribution >= 0.6 is 0 Å². The molecule has 13 heteroatoms. The normalized spacial score (nSPS) is 13.9. The van der Waals surface area contributed by atoms with E-state index in [9.17, 15) is 14.0 Å². The minimum atomic E-state index is -0.788. The standard InChI is InChI=1S/C24H21FN10O2/c1-15-29-14-34(31-15)23-21-20(17(25)13-28-23)16(12-27-21)22(36)24(37)33-10-8-32(9-11-33)19-5-7-30-35(19)18-4-2-3-6-26-18/h2-7,12-14,27H,8-11H2,1H3. The number of nitrogens with zero attached hydrogens (tertiary/aromatic N) is 9. The van der Waals surface area contributed by atoms with Crippen molar-refractivity contribution in [1.29, 1.82) is 0 Å². The van der Waals surface area contributed by atoms with Gasteiger partial charge in [0.15, 0.2) is 17.5 Å². The number of nitrogens with one attached hydrogen (secondary N) is 1. The number of pyridine rings is 2. The van der Waals surface area contributed by atoms with Gasteiger partial charge < -0.3 is 14.8 Å². The smallest absolute Gasteiger partial charge is 0.295 e. The van der Waals surface area contributed by atoms with E-state index in [0.717, 1.165) is 12.0 Å². The molecule has 1 aliphatic rings. The second-order valence-corrected chi connectivity index (χ2v) is 8.52. The van der Waals surface area contributed by atoms with Crippen molar-refractivity contribution >= 4 is 28.4 Å². The van der Waals surface area contributed by atoms with Crippen LogP contribution in [0.4, 0.5) is 10.2 Å². The van der Waals surface area contributed by atoms with E-state index < -0.39 is 17.5 Å². The van der Waals surface area contributed by atoms with Crippen LogP contribution < -0.4 is 4.90 Å². The summed E-state index contributed by atoms with van der Waals surface area (Å²) in [5.41, 5.74) is 0.210. The van der Waals surface area contributed by atoms with Gasteiger partial charge in [0.05, 0.1) is 28.9 Å². The van der Waals surface area contributed by atoms with E-state index in [1.54, 1.807) is 24.0 Å². The average molecular weight is 500 g/mol. The van der Waals surface area contributed by atoms with E-state index in [1.807, 2.05) is 24.3 Å². The third kappa shape index (κ3) is 3.90. The zero-order valence-electron chi connectivity index (χ0n) is 19.7. The second kappa shape index (κ2) is 8.93. The van der Waals surface area contributed by atoms with Crippen LogP contribution in [0.1, 0.15) is 16.2 Å². The van der Waals surface area contributed by atoms with Crippen molar-refractivity contribution in [1.82, 2.24) is 44.4 Å². The summed E-state index contributed by atoms with van der Waals surface area (Å²) < 4.78 is 17.9. The number of fused-ring (bicyclic) bond motifs is 1. The van der Waals surface area contributed by atoms with Gasteiger partial charge in [0.2, 0.25) is 0 Å². The largest absolute Gasteiger partial charge is 0.357 e. The summed E-state index contributed by atoms with van der Waals surface area (Å²) in [5, 5.41) is 8.57. The molecule has 0 saturated carbocycles. The Balaban J connectivity index is 1.21. The Bertz CT molecular complexity index is 1620. The molecule has 186 valence electrons. The van der Waals surface area contributed by atoms with Gasteiger partial charge in [-0.05, 0) is 19.1 Å². The highest BCUT2D eigenvalue weighted by Gasteiger charge is 2.31. The number of amides is 1. The van der Waals surface area contributed by atoms with Gasteiger partial charge in [0, 0.05) is 44.6 Å². The molecule has 0 aliphatic carbocycles. The molecule has 6 rings (SSSR count). The third-order valence-electron chi connectivity index (χ3n) is 6.28. The van der Waals surface area contributed by atoms with Crippen LogP contribution in [0.5, 0.6) is 0 Å². The van der Waals surface area contributed by atoms with Gasteiger partial charge in [0.1, 0.15) is 18.0 Å². The van der Waals surface area contributed by atoms with Crippen LogP contribution in [-0.2, 0) is 4.79 Å². The summed E-state index contributed by atoms with van der Waals surface area (Å²) in [4.78, 5) is 45.3. The van der Waals surface area contributed by atoms with Crippen molar-refractivity contribution < 1.29 is 14.0 Å². The van der Waals surface area contributed by atoms with E-state index in [0.29, 0.717) is 37.8 Å². The summed E-state index contributed by atoms with van der Waals surface area (Å²) in [5.74, 6) is 0.144. The highest BCUT2D eigenvalue weighted by molar-refractivity contribution is 6.45. The first-order valence-corrected chi connectivity index (χ1v) is 11.6. The molecule has 0 aromatic carbocycles. The molecule has 0 spiro atoms. The van der Waals surface area contributed by atoms with E-state index >= 15 is 0 Å². The number of aryl methyl sites for hydroxylation is 1. The predicted molar refractivity (Wildman–Crippen MR) is 130 cm³/mol. The summed E-state index contributed by atoms with van der Waals surface area (Å²) in [6, 6.07) is 7.46. The summed E-state index contributed by atoms with van der Waals surface area (Å²) in [6.07, 6.45) is 7.18. The topological polar surface area (TPSA) is 131 Å². The fourth-order valence-corrected chi connectivity index (χ4v) is 4.48. The number of ketones is 1. The lowest BCUT2D eigenvalue weighted by Gasteiger charge is -2.35. The van der Waals surface area contributed by atoms with Crippen molar-refractivity contribution in [3.63, 3.8) is 0 Å². The molecule has 1 aliphatic heterocycles. The number of carbonyl (C=O) groups is 2. The number of H-pyrrole nitrogens is 1. The zero-order valence-corrected chi connectivity index (χ0v) is 19.7. The quantitative estimate of drug-likeness (QED) is 0.285. The number of hydrogen-bond acceptors (Lipinski definition) is 8. The van der Waals surface area contributed by atoms with E-state index in [2.05, 4.69) is 35.0 Å². The molecule has 5 aromatic heterocycles. The Labute approximate surface area is 209 Å². The van der Waals surface area contributed by atoms with Gasteiger partial charge in [-0.2, -0.15) is 14.9 Å². The highest BCUT2D eigenvalue weighted by atomic mass is 19.1. The predicted octanol–water partition coefficient (Wildman–Crippen LogP) is 1.70. The molecule has 1 fully saturated rings. The Morgan fingerprint density at radius 1 is 1.03 bits per heavy atom. The van der Waals surface area contributed by atoms with Crippen molar-refractivity contribution in [3.8, 4) is 11.6 Å². The fourth-order valence-electron chi connectivity index (χ4n) is 4.48. The van der Waals surface area contributed by atoms with Crippen molar-refractivity contribution in [2.45, 2.75) is 6.92 Å². The molecule has 0 radical (unpaired) electrons. The first kappa shape index (κ1) is 22.5. The van der Waals surface area contributed by atoms with Gasteiger partial charge in [-0.15, -0.1) is 0 Å². The lowest BCUT2D eigenvalue weighted by atomic mass is 10.1. The van der Waals surface area contributed by atoms with E-state index in [1.165, 1.54) is 22.1 Å². The maximum atomic E-state index is 14.8. The summed E-state index contributed by atoms with van der Waals surface area (Å²) >= 11 is 0. The molecule has 0 bridgehead atoms. The van der Waals surface area contributed by atoms with Gasteiger partial charge >= 0.3 is 0 Å². The molecular formula is C24H21FN10O2. The zero-order chi connectivity index (χ0) is 25.5. The average Bonchev–Trinajstić information content (AvgIpc) is 3.69. The van der Waals surface area contributed by atoms with Crippen molar-refractivity contribution in [2.75, 3.05) is 31.1 Å². The monoisotopic (exact) mass is 500 g/mol. The first-order valence-electron chi connectivity index (χ1n) is 11.6. The maximum absolute atomic E-state index is 14.8. The molecule has 12 nitrogen and oxygen atoms in total. The van der Waals surface area contributed by atoms with Gasteiger partial charge in [-0.25, -0.2) is 24.0 Å². The molecule has 0 unspecified atom stereocenters.